The molecule has 14 heteroatoms. The number of benzene rings is 3. The minimum Gasteiger partial charge on any atom is -0.488 e. The lowest BCUT2D eigenvalue weighted by atomic mass is 9.92. The van der Waals surface area contributed by atoms with Crippen molar-refractivity contribution in [3.8, 4) is 28.1 Å². The van der Waals surface area contributed by atoms with Crippen molar-refractivity contribution in [2.75, 3.05) is 27.4 Å². The number of aromatic amines is 2. The molecule has 58 heavy (non-hydrogen) atoms. The molecule has 3 N–H and O–H groups in total. The van der Waals surface area contributed by atoms with Gasteiger partial charge in [0.2, 0.25) is 5.91 Å². The summed E-state index contributed by atoms with van der Waals surface area (Å²) < 4.78 is 22.5. The maximum atomic E-state index is 13.9. The number of hydrogen-bond donors (Lipinski definition) is 3. The third-order valence-electron chi connectivity index (χ3n) is 12.1. The summed E-state index contributed by atoms with van der Waals surface area (Å²) in [5.41, 5.74) is 6.17. The van der Waals surface area contributed by atoms with Crippen molar-refractivity contribution in [2.24, 2.45) is 17.8 Å². The predicted molar refractivity (Wildman–Crippen MR) is 217 cm³/mol. The SMILES string of the molecule is COCC1C[C@@H](c2ncc(-c3ccc4c(c3)COc3cc5c(ccc6nc([C@@H]7C[C@H]8C[C@H]8N7C(=O)OC(C)(C)C)[nH]c65)cc3-4)[nH]2)N(C(=O)C(NC(=O)OC)C(C)C)C1. The third kappa shape index (κ3) is 6.80. The smallest absolute Gasteiger partial charge is 0.411 e. The van der Waals surface area contributed by atoms with E-state index in [2.05, 4.69) is 51.7 Å². The van der Waals surface area contributed by atoms with Gasteiger partial charge in [0.1, 0.15) is 35.6 Å². The van der Waals surface area contributed by atoms with Crippen molar-refractivity contribution < 1.29 is 33.3 Å². The van der Waals surface area contributed by atoms with E-state index in [9.17, 15) is 14.4 Å². The van der Waals surface area contributed by atoms with Crippen molar-refractivity contribution in [2.45, 2.75) is 90.3 Å². The maximum Gasteiger partial charge on any atom is 0.411 e. The molecule has 304 valence electrons. The van der Waals surface area contributed by atoms with Crippen LogP contribution in [0.1, 0.15) is 83.2 Å². The zero-order valence-electron chi connectivity index (χ0n) is 34.0. The topological polar surface area (TPSA) is 164 Å². The normalized spacial score (nSPS) is 22.7. The van der Waals surface area contributed by atoms with E-state index in [1.54, 1.807) is 7.11 Å². The molecular weight excluding hydrogens is 739 g/mol. The number of nitrogens with one attached hydrogen (secondary N) is 3. The first-order chi connectivity index (χ1) is 27.8. The van der Waals surface area contributed by atoms with Crippen LogP contribution in [0.4, 0.5) is 9.59 Å². The third-order valence-corrected chi connectivity index (χ3v) is 12.1. The van der Waals surface area contributed by atoms with Crippen LogP contribution in [0.15, 0.2) is 48.7 Å². The van der Waals surface area contributed by atoms with Crippen LogP contribution in [0.5, 0.6) is 5.75 Å². The maximum absolute atomic E-state index is 13.9. The molecule has 6 atom stereocenters. The average Bonchev–Trinajstić information content (AvgIpc) is 3.66. The van der Waals surface area contributed by atoms with Gasteiger partial charge in [0, 0.05) is 36.6 Å². The first-order valence-corrected chi connectivity index (χ1v) is 20.2. The molecule has 9 rings (SSSR count). The van der Waals surface area contributed by atoms with Gasteiger partial charge in [-0.3, -0.25) is 9.69 Å². The molecule has 3 amide bonds. The molecule has 0 bridgehead atoms. The van der Waals surface area contributed by atoms with E-state index in [1.807, 2.05) is 56.7 Å². The lowest BCUT2D eigenvalue weighted by Gasteiger charge is -2.30. The fraction of sp³-hybridized carbons (Fsp3) is 0.477. The molecular formula is C44H51N7O7. The molecule has 2 aromatic heterocycles. The summed E-state index contributed by atoms with van der Waals surface area (Å²) in [6.07, 6.45) is 3.46. The summed E-state index contributed by atoms with van der Waals surface area (Å²) in [7, 11) is 2.95. The Morgan fingerprint density at radius 2 is 1.81 bits per heavy atom. The number of methoxy groups -OCH3 is 2. The second-order valence-corrected chi connectivity index (χ2v) is 17.6. The zero-order chi connectivity index (χ0) is 40.6. The molecule has 3 aliphatic heterocycles. The number of amides is 3. The number of fused-ring (bicyclic) bond motifs is 7. The molecule has 1 aliphatic carbocycles. The molecule has 3 aromatic carbocycles. The van der Waals surface area contributed by atoms with Crippen LogP contribution in [0, 0.1) is 17.8 Å². The van der Waals surface area contributed by atoms with E-state index in [0.717, 1.165) is 74.2 Å². The molecule has 2 unspecified atom stereocenters. The fourth-order valence-electron chi connectivity index (χ4n) is 9.23. The van der Waals surface area contributed by atoms with E-state index in [4.69, 9.17) is 28.9 Å². The number of nitrogens with zero attached hydrogens (tertiary/aromatic N) is 4. The molecule has 2 saturated heterocycles. The second-order valence-electron chi connectivity index (χ2n) is 17.6. The quantitative estimate of drug-likeness (QED) is 0.143. The van der Waals surface area contributed by atoms with Crippen LogP contribution in [-0.4, -0.2) is 92.9 Å². The van der Waals surface area contributed by atoms with Crippen molar-refractivity contribution in [3.05, 3.63) is 65.9 Å². The Hall–Kier alpha value is -5.63. The minimum absolute atomic E-state index is 0.120. The fourth-order valence-corrected chi connectivity index (χ4v) is 9.23. The van der Waals surface area contributed by atoms with Crippen LogP contribution in [0.2, 0.25) is 0 Å². The Morgan fingerprint density at radius 1 is 0.983 bits per heavy atom. The van der Waals surface area contributed by atoms with Gasteiger partial charge in [-0.25, -0.2) is 19.6 Å². The number of ether oxygens (including phenoxy) is 4. The number of piperidine rings is 1. The standard InChI is InChI=1S/C44H51N7O7/c1-22(2)37(49-42(53)56-7)41(52)50-19-23(20-55-6)12-34(50)39-45-18-32(47-39)25-8-10-28-27(13-25)21-57-36-17-29-24(14-30(28)36)9-11-31-38(29)48-40(46-31)35-16-26-15-33(26)51(35)43(54)58-44(3,4)5/h8-11,13-14,17-18,22-23,26,33-35,37H,12,15-16,19-21H2,1-7H3,(H,45,47)(H,46,48)(H,49,53)/t23?,26-,33-,34+,35+,37?/m1/s1. The first-order valence-electron chi connectivity index (χ1n) is 20.2. The largest absolute Gasteiger partial charge is 0.488 e. The molecule has 4 aliphatic rings. The van der Waals surface area contributed by atoms with E-state index >= 15 is 0 Å². The number of likely N-dealkylation sites (tertiary alicyclic amines) is 2. The number of carbonyl (C=O) groups is 3. The Labute approximate surface area is 337 Å². The van der Waals surface area contributed by atoms with Crippen LogP contribution in [0.25, 0.3) is 44.2 Å². The first kappa shape index (κ1) is 37.9. The molecule has 3 fully saturated rings. The van der Waals surface area contributed by atoms with Gasteiger partial charge in [-0.15, -0.1) is 0 Å². The molecule has 5 heterocycles. The Kier molecular flexibility index (Phi) is 9.37. The number of carbonyl (C=O) groups excluding carboxylic acids is 3. The number of hydrogen-bond acceptors (Lipinski definition) is 9. The van der Waals surface area contributed by atoms with Gasteiger partial charge in [-0.05, 0) is 98.2 Å². The van der Waals surface area contributed by atoms with Gasteiger partial charge in [0.25, 0.3) is 0 Å². The van der Waals surface area contributed by atoms with Gasteiger partial charge >= 0.3 is 12.2 Å². The molecule has 5 aromatic rings. The predicted octanol–water partition coefficient (Wildman–Crippen LogP) is 7.65. The molecule has 0 radical (unpaired) electrons. The lowest BCUT2D eigenvalue weighted by molar-refractivity contribution is -0.135. The number of H-pyrrole nitrogens is 2. The molecule has 0 spiro atoms. The van der Waals surface area contributed by atoms with Gasteiger partial charge in [-0.1, -0.05) is 32.0 Å². The van der Waals surface area contributed by atoms with Crippen molar-refractivity contribution in [1.29, 1.82) is 0 Å². The van der Waals surface area contributed by atoms with Crippen molar-refractivity contribution in [3.63, 3.8) is 0 Å². The number of imidazole rings is 2. The van der Waals surface area contributed by atoms with Crippen LogP contribution < -0.4 is 10.1 Å². The van der Waals surface area contributed by atoms with Crippen molar-refractivity contribution in [1.82, 2.24) is 35.1 Å². The van der Waals surface area contributed by atoms with E-state index in [1.165, 1.54) is 7.11 Å². The van der Waals surface area contributed by atoms with E-state index < -0.39 is 17.7 Å². The highest BCUT2D eigenvalue weighted by Gasteiger charge is 2.56. The Bertz CT molecular complexity index is 2430. The highest BCUT2D eigenvalue weighted by atomic mass is 16.6. The monoisotopic (exact) mass is 789 g/mol. The van der Waals surface area contributed by atoms with Gasteiger partial charge in [0.05, 0.1) is 48.7 Å². The highest BCUT2D eigenvalue weighted by molar-refractivity contribution is 6.07. The number of alkyl carbamates (subject to hydrolysis) is 1. The Morgan fingerprint density at radius 3 is 2.57 bits per heavy atom. The van der Waals surface area contributed by atoms with Gasteiger partial charge in [-0.2, -0.15) is 0 Å². The Balaban J connectivity index is 0.975. The van der Waals surface area contributed by atoms with Crippen LogP contribution >= 0.6 is 0 Å². The van der Waals surface area contributed by atoms with Crippen molar-refractivity contribution >= 4 is 39.9 Å². The average molecular weight is 790 g/mol. The summed E-state index contributed by atoms with van der Waals surface area (Å²) in [4.78, 5) is 60.0. The van der Waals surface area contributed by atoms with Crippen LogP contribution in [-0.2, 0) is 25.6 Å². The van der Waals surface area contributed by atoms with Gasteiger partial charge in [0.15, 0.2) is 0 Å². The van der Waals surface area contributed by atoms with E-state index in [-0.39, 0.29) is 42.0 Å². The molecule has 14 nitrogen and oxygen atoms in total. The lowest BCUT2D eigenvalue weighted by Crippen LogP contribution is -2.51. The zero-order valence-corrected chi connectivity index (χ0v) is 34.0. The van der Waals surface area contributed by atoms with Crippen LogP contribution in [0.3, 0.4) is 0 Å². The highest BCUT2D eigenvalue weighted by Crippen LogP contribution is 2.54. The summed E-state index contributed by atoms with van der Waals surface area (Å²) in [5, 5.41) is 4.80. The number of aromatic nitrogens is 4. The number of rotatable bonds is 8. The summed E-state index contributed by atoms with van der Waals surface area (Å²) in [6, 6.07) is 13.8. The molecule has 1 saturated carbocycles. The van der Waals surface area contributed by atoms with Gasteiger partial charge < -0.3 is 39.1 Å². The summed E-state index contributed by atoms with van der Waals surface area (Å²) >= 11 is 0. The summed E-state index contributed by atoms with van der Waals surface area (Å²) in [5.74, 6) is 2.56. The summed E-state index contributed by atoms with van der Waals surface area (Å²) in [6.45, 7) is 10.9. The van der Waals surface area contributed by atoms with E-state index in [0.29, 0.717) is 37.9 Å². The second kappa shape index (κ2) is 14.3. The minimum atomic E-state index is -0.742.